The number of rotatable bonds is 9. The lowest BCUT2D eigenvalue weighted by atomic mass is 10.1. The Morgan fingerprint density at radius 2 is 1.89 bits per heavy atom. The lowest BCUT2D eigenvalue weighted by Crippen LogP contribution is -2.48. The third kappa shape index (κ3) is 5.62. The van der Waals surface area contributed by atoms with Gasteiger partial charge in [0.1, 0.15) is 30.6 Å². The molecule has 8 heteroatoms. The topological polar surface area (TPSA) is 150 Å². The summed E-state index contributed by atoms with van der Waals surface area (Å²) in [5.41, 5.74) is 5.42. The van der Waals surface area contributed by atoms with Gasteiger partial charge in [-0.05, 0) is 6.42 Å². The molecule has 0 aromatic carbocycles. The third-order valence-electron chi connectivity index (χ3n) is 2.66. The molecule has 0 aliphatic rings. The molecular weight excluding hydrogens is 258 g/mol. The highest BCUT2D eigenvalue weighted by Crippen LogP contribution is 2.10. The van der Waals surface area contributed by atoms with Crippen LogP contribution in [-0.4, -0.2) is 69.7 Å². The van der Waals surface area contributed by atoms with Crippen LogP contribution in [-0.2, 0) is 14.3 Å². The fraction of sp³-hybridized carbons (Fsp3) is 0.818. The number of aldehydes is 1. The number of nitrogens with two attached hydrogens (primary N) is 1. The maximum Gasteiger partial charge on any atom is 0.325 e. The van der Waals surface area contributed by atoms with E-state index in [1.807, 2.05) is 0 Å². The second-order valence-corrected chi connectivity index (χ2v) is 4.12. The van der Waals surface area contributed by atoms with Gasteiger partial charge in [-0.2, -0.15) is 0 Å². The first-order valence-corrected chi connectivity index (χ1v) is 5.93. The fourth-order valence-electron chi connectivity index (χ4n) is 1.35. The van der Waals surface area contributed by atoms with E-state index in [1.54, 1.807) is 6.92 Å². The second kappa shape index (κ2) is 8.94. The highest BCUT2D eigenvalue weighted by Gasteiger charge is 2.32. The first-order valence-electron chi connectivity index (χ1n) is 5.93. The Kier molecular flexibility index (Phi) is 8.44. The summed E-state index contributed by atoms with van der Waals surface area (Å²) in [6.45, 7) is 0.864. The van der Waals surface area contributed by atoms with Crippen molar-refractivity contribution in [3.63, 3.8) is 0 Å². The van der Waals surface area contributed by atoms with Crippen LogP contribution in [0, 0.1) is 0 Å². The van der Waals surface area contributed by atoms with Gasteiger partial charge >= 0.3 is 5.97 Å². The van der Waals surface area contributed by atoms with Crippen molar-refractivity contribution in [2.45, 2.75) is 50.2 Å². The monoisotopic (exact) mass is 279 g/mol. The van der Waals surface area contributed by atoms with Gasteiger partial charge in [-0.3, -0.25) is 4.79 Å². The summed E-state index contributed by atoms with van der Waals surface area (Å²) in [7, 11) is 0. The van der Waals surface area contributed by atoms with Crippen molar-refractivity contribution in [2.24, 2.45) is 5.73 Å². The van der Waals surface area contributed by atoms with Crippen molar-refractivity contribution >= 4 is 12.3 Å². The average molecular weight is 279 g/mol. The lowest BCUT2D eigenvalue weighted by molar-refractivity contribution is -0.166. The molecule has 0 saturated heterocycles. The molecule has 5 atom stereocenters. The van der Waals surface area contributed by atoms with Crippen molar-refractivity contribution < 1.29 is 34.8 Å². The van der Waals surface area contributed by atoms with E-state index in [2.05, 4.69) is 0 Å². The van der Waals surface area contributed by atoms with Crippen LogP contribution >= 0.6 is 0 Å². The Balaban J connectivity index is 4.65. The minimum Gasteiger partial charge on any atom is -0.458 e. The lowest BCUT2D eigenvalue weighted by Gasteiger charge is -2.26. The van der Waals surface area contributed by atoms with Crippen LogP contribution in [0.2, 0.25) is 0 Å². The number of hydrogen-bond acceptors (Lipinski definition) is 8. The zero-order valence-electron chi connectivity index (χ0n) is 10.7. The zero-order valence-corrected chi connectivity index (χ0v) is 10.7. The molecule has 0 bridgehead atoms. The van der Waals surface area contributed by atoms with Gasteiger partial charge in [0, 0.05) is 6.42 Å². The van der Waals surface area contributed by atoms with Crippen LogP contribution in [0.15, 0.2) is 0 Å². The molecule has 0 aromatic rings. The largest absolute Gasteiger partial charge is 0.458 e. The molecule has 0 amide bonds. The highest BCUT2D eigenvalue weighted by molar-refractivity contribution is 5.76. The molecule has 1 unspecified atom stereocenters. The van der Waals surface area contributed by atoms with Crippen LogP contribution in [0.1, 0.15) is 19.8 Å². The molecule has 19 heavy (non-hydrogen) atoms. The predicted octanol–water partition coefficient (Wildman–Crippen LogP) is -2.70. The predicted molar refractivity (Wildman–Crippen MR) is 63.9 cm³/mol. The molecule has 0 aliphatic heterocycles. The van der Waals surface area contributed by atoms with Crippen LogP contribution in [0.3, 0.4) is 0 Å². The van der Waals surface area contributed by atoms with Crippen molar-refractivity contribution in [1.82, 2.24) is 0 Å². The normalized spacial score (nSPS) is 19.1. The molecule has 0 heterocycles. The molecule has 112 valence electrons. The van der Waals surface area contributed by atoms with E-state index in [-0.39, 0.29) is 12.8 Å². The molecule has 0 rings (SSSR count). The highest BCUT2D eigenvalue weighted by atomic mass is 16.6. The van der Waals surface area contributed by atoms with E-state index in [4.69, 9.17) is 15.6 Å². The summed E-state index contributed by atoms with van der Waals surface area (Å²) in [6, 6.07) is -1.31. The number of ether oxygens (including phenoxy) is 1. The maximum atomic E-state index is 11.6. The van der Waals surface area contributed by atoms with Crippen molar-refractivity contribution in [3.8, 4) is 0 Å². The second-order valence-electron chi connectivity index (χ2n) is 4.12. The summed E-state index contributed by atoms with van der Waals surface area (Å²) in [6.07, 6.45) is -5.34. The molecule has 8 nitrogen and oxygen atoms in total. The first-order chi connectivity index (χ1) is 8.88. The minimum absolute atomic E-state index is 0.233. The molecule has 0 saturated carbocycles. The summed E-state index contributed by atoms with van der Waals surface area (Å²) in [5.74, 6) is -0.995. The van der Waals surface area contributed by atoms with Gasteiger partial charge in [0.2, 0.25) is 0 Å². The molecule has 6 N–H and O–H groups in total. The van der Waals surface area contributed by atoms with E-state index >= 15 is 0 Å². The van der Waals surface area contributed by atoms with Gasteiger partial charge in [0.25, 0.3) is 0 Å². The molecule has 0 aromatic heterocycles. The van der Waals surface area contributed by atoms with Gasteiger partial charge in [-0.15, -0.1) is 0 Å². The quantitative estimate of drug-likeness (QED) is 0.226. The van der Waals surface area contributed by atoms with Crippen molar-refractivity contribution in [3.05, 3.63) is 0 Å². The number of esters is 1. The number of carbonyl (C=O) groups is 2. The molecular formula is C11H21NO7. The van der Waals surface area contributed by atoms with E-state index in [0.29, 0.717) is 6.29 Å². The average Bonchev–Trinajstić information content (AvgIpc) is 2.43. The SMILES string of the molecule is CCC(O)[C@H](N)C(=O)O[C@H](CC=O)[C@H](O)[C@H](O)CO. The van der Waals surface area contributed by atoms with E-state index in [9.17, 15) is 24.9 Å². The fourth-order valence-corrected chi connectivity index (χ4v) is 1.35. The number of aliphatic hydroxyl groups is 4. The summed E-state index contributed by atoms with van der Waals surface area (Å²) >= 11 is 0. The van der Waals surface area contributed by atoms with Gasteiger partial charge < -0.3 is 35.7 Å². The van der Waals surface area contributed by atoms with Gasteiger partial charge in [-0.1, -0.05) is 6.92 Å². The van der Waals surface area contributed by atoms with Crippen molar-refractivity contribution in [1.29, 1.82) is 0 Å². The zero-order chi connectivity index (χ0) is 15.0. The van der Waals surface area contributed by atoms with Gasteiger partial charge in [0.05, 0.1) is 12.7 Å². The molecule has 0 radical (unpaired) electrons. The van der Waals surface area contributed by atoms with Gasteiger partial charge in [0.15, 0.2) is 0 Å². The molecule has 0 aliphatic carbocycles. The van der Waals surface area contributed by atoms with E-state index in [1.165, 1.54) is 0 Å². The van der Waals surface area contributed by atoms with Crippen LogP contribution in [0.25, 0.3) is 0 Å². The van der Waals surface area contributed by atoms with Crippen molar-refractivity contribution in [2.75, 3.05) is 6.61 Å². The Hall–Kier alpha value is -1.06. The summed E-state index contributed by atoms with van der Waals surface area (Å²) in [5, 5.41) is 36.9. The smallest absolute Gasteiger partial charge is 0.325 e. The Labute approximate surface area is 110 Å². The first kappa shape index (κ1) is 17.9. The molecule has 0 spiro atoms. The Morgan fingerprint density at radius 3 is 2.32 bits per heavy atom. The maximum absolute atomic E-state index is 11.6. The summed E-state index contributed by atoms with van der Waals surface area (Å²) < 4.78 is 4.78. The van der Waals surface area contributed by atoms with Crippen LogP contribution in [0.5, 0.6) is 0 Å². The minimum atomic E-state index is -1.62. The third-order valence-corrected chi connectivity index (χ3v) is 2.66. The van der Waals surface area contributed by atoms with Crippen LogP contribution in [0.4, 0.5) is 0 Å². The number of aliphatic hydroxyl groups excluding tert-OH is 4. The van der Waals surface area contributed by atoms with Crippen LogP contribution < -0.4 is 5.73 Å². The van der Waals surface area contributed by atoms with E-state index in [0.717, 1.165) is 0 Å². The Morgan fingerprint density at radius 1 is 1.32 bits per heavy atom. The van der Waals surface area contributed by atoms with E-state index < -0.39 is 43.0 Å². The van der Waals surface area contributed by atoms with Gasteiger partial charge in [-0.25, -0.2) is 0 Å². The Bertz CT molecular complexity index is 286. The summed E-state index contributed by atoms with van der Waals surface area (Å²) in [4.78, 5) is 22.0. The number of hydrogen-bond donors (Lipinski definition) is 5. The number of carbonyl (C=O) groups excluding carboxylic acids is 2. The molecule has 0 fully saturated rings. The standard InChI is InChI=1S/C11H21NO7/c1-2-6(15)9(12)11(18)19-8(3-4-13)10(17)7(16)5-14/h4,6-10,14-17H,2-3,5,12H2,1H3/t6?,7-,8-,9+,10-/m1/s1.